The van der Waals surface area contributed by atoms with Crippen molar-refractivity contribution in [3.63, 3.8) is 0 Å². The van der Waals surface area contributed by atoms with E-state index < -0.39 is 12.4 Å². The van der Waals surface area contributed by atoms with E-state index in [4.69, 9.17) is 4.74 Å². The first-order valence-electron chi connectivity index (χ1n) is 5.17. The summed E-state index contributed by atoms with van der Waals surface area (Å²) in [5, 5.41) is 0.343. The molecule has 0 saturated heterocycles. The molecule has 100 valence electrons. The van der Waals surface area contributed by atoms with Gasteiger partial charge >= 0.3 is 5.97 Å². The summed E-state index contributed by atoms with van der Waals surface area (Å²) in [5.41, 5.74) is 0.548. The molecule has 18 heavy (non-hydrogen) atoms. The van der Waals surface area contributed by atoms with Crippen molar-refractivity contribution < 1.29 is 18.3 Å². The highest BCUT2D eigenvalue weighted by molar-refractivity contribution is 9.10. The van der Waals surface area contributed by atoms with Crippen molar-refractivity contribution in [2.75, 3.05) is 6.61 Å². The highest BCUT2D eigenvalue weighted by Gasteiger charge is 2.19. The Morgan fingerprint density at radius 2 is 2.22 bits per heavy atom. The Bertz CT molecular complexity index is 441. The van der Waals surface area contributed by atoms with Crippen LogP contribution in [0.2, 0.25) is 0 Å². The summed E-state index contributed by atoms with van der Waals surface area (Å²) in [6.07, 6.45) is -2.75. The number of halogens is 4. The van der Waals surface area contributed by atoms with Crippen LogP contribution in [0.4, 0.5) is 8.78 Å². The van der Waals surface area contributed by atoms with Crippen molar-refractivity contribution >= 4 is 37.8 Å². The largest absolute Gasteiger partial charge is 0.466 e. The molecule has 1 aromatic rings. The zero-order valence-electron chi connectivity index (χ0n) is 9.55. The van der Waals surface area contributed by atoms with Gasteiger partial charge < -0.3 is 4.74 Å². The van der Waals surface area contributed by atoms with E-state index in [-0.39, 0.29) is 23.2 Å². The minimum Gasteiger partial charge on any atom is -0.466 e. The second kappa shape index (κ2) is 7.13. The van der Waals surface area contributed by atoms with Gasteiger partial charge in [-0.05, 0) is 34.5 Å². The number of alkyl halides is 3. The number of nitrogens with zero attached hydrogens (tertiary/aromatic N) is 1. The van der Waals surface area contributed by atoms with Gasteiger partial charge in [-0.25, -0.2) is 13.8 Å². The summed E-state index contributed by atoms with van der Waals surface area (Å²) in [6, 6.07) is 1.60. The van der Waals surface area contributed by atoms with Crippen LogP contribution in [0, 0.1) is 0 Å². The molecule has 0 aromatic carbocycles. The molecule has 1 rings (SSSR count). The Kier molecular flexibility index (Phi) is 6.14. The molecule has 0 aliphatic rings. The van der Waals surface area contributed by atoms with Gasteiger partial charge in [0.15, 0.2) is 0 Å². The Morgan fingerprint density at radius 1 is 1.56 bits per heavy atom. The first-order valence-corrected chi connectivity index (χ1v) is 7.09. The minimum atomic E-state index is -2.70. The van der Waals surface area contributed by atoms with E-state index in [2.05, 4.69) is 36.8 Å². The molecule has 0 aliphatic heterocycles. The number of hydrogen-bond donors (Lipinski definition) is 0. The summed E-state index contributed by atoms with van der Waals surface area (Å²) in [4.78, 5) is 15.2. The van der Waals surface area contributed by atoms with Gasteiger partial charge in [-0.3, -0.25) is 4.79 Å². The quantitative estimate of drug-likeness (QED) is 0.571. The number of carbonyl (C=O) groups is 1. The molecule has 0 N–H and O–H groups in total. The predicted octanol–water partition coefficient (Wildman–Crippen LogP) is 3.78. The van der Waals surface area contributed by atoms with Gasteiger partial charge in [-0.1, -0.05) is 15.9 Å². The zero-order valence-corrected chi connectivity index (χ0v) is 12.7. The van der Waals surface area contributed by atoms with Crippen LogP contribution in [-0.4, -0.2) is 17.6 Å². The fraction of sp³-hybridized carbons (Fsp3) is 0.455. The van der Waals surface area contributed by atoms with Crippen LogP contribution in [0.25, 0.3) is 0 Å². The van der Waals surface area contributed by atoms with Gasteiger partial charge in [0.1, 0.15) is 5.69 Å². The van der Waals surface area contributed by atoms with Gasteiger partial charge in [-0.2, -0.15) is 0 Å². The monoisotopic (exact) mass is 385 g/mol. The Hall–Kier alpha value is -0.560. The van der Waals surface area contributed by atoms with Crippen LogP contribution in [0.3, 0.4) is 0 Å². The lowest BCUT2D eigenvalue weighted by atomic mass is 10.1. The molecule has 3 nitrogen and oxygen atoms in total. The lowest BCUT2D eigenvalue weighted by molar-refractivity contribution is -0.142. The fourth-order valence-electron chi connectivity index (χ4n) is 1.37. The van der Waals surface area contributed by atoms with Crippen molar-refractivity contribution in [3.05, 3.63) is 27.5 Å². The van der Waals surface area contributed by atoms with Crippen LogP contribution in [0.5, 0.6) is 0 Å². The Balaban J connectivity index is 3.09. The summed E-state index contributed by atoms with van der Waals surface area (Å²) >= 11 is 6.22. The Morgan fingerprint density at radius 3 is 2.72 bits per heavy atom. The number of esters is 1. The second-order valence-corrected chi connectivity index (χ2v) is 4.74. The second-order valence-electron chi connectivity index (χ2n) is 3.39. The van der Waals surface area contributed by atoms with Crippen LogP contribution in [-0.2, 0) is 21.3 Å². The average Bonchev–Trinajstić information content (AvgIpc) is 2.31. The maximum Gasteiger partial charge on any atom is 0.310 e. The number of rotatable bonds is 5. The third-order valence-corrected chi connectivity index (χ3v) is 3.59. The molecule has 0 saturated carbocycles. The van der Waals surface area contributed by atoms with E-state index in [1.54, 1.807) is 13.0 Å². The number of ether oxygens (including phenoxy) is 1. The topological polar surface area (TPSA) is 39.2 Å². The zero-order chi connectivity index (χ0) is 13.7. The fourth-order valence-corrected chi connectivity index (χ4v) is 2.18. The van der Waals surface area contributed by atoms with Gasteiger partial charge in [0.2, 0.25) is 0 Å². The molecular formula is C11H11Br2F2NO2. The lowest BCUT2D eigenvalue weighted by Gasteiger charge is -2.10. The van der Waals surface area contributed by atoms with Gasteiger partial charge in [0.25, 0.3) is 6.43 Å². The molecular weight excluding hydrogens is 376 g/mol. The molecule has 0 radical (unpaired) electrons. The molecule has 0 aliphatic carbocycles. The smallest absolute Gasteiger partial charge is 0.310 e. The summed E-state index contributed by atoms with van der Waals surface area (Å²) in [6.45, 7) is 1.95. The summed E-state index contributed by atoms with van der Waals surface area (Å²) in [5.74, 6) is -0.454. The van der Waals surface area contributed by atoms with Crippen molar-refractivity contribution in [1.29, 1.82) is 0 Å². The van der Waals surface area contributed by atoms with Crippen LogP contribution >= 0.6 is 31.9 Å². The SMILES string of the molecule is CCOC(=O)Cc1cc(CBr)nc(C(F)F)c1Br. The average molecular weight is 387 g/mol. The van der Waals surface area contributed by atoms with Gasteiger partial charge in [0, 0.05) is 9.80 Å². The number of pyridine rings is 1. The van der Waals surface area contributed by atoms with E-state index in [0.29, 0.717) is 16.6 Å². The third-order valence-electron chi connectivity index (χ3n) is 2.10. The van der Waals surface area contributed by atoms with E-state index in [1.807, 2.05) is 0 Å². The number of carbonyl (C=O) groups excluding carboxylic acids is 1. The first kappa shape index (κ1) is 15.5. The molecule has 0 atom stereocenters. The van der Waals surface area contributed by atoms with Gasteiger partial charge in [0.05, 0.1) is 18.7 Å². The molecule has 1 aromatic heterocycles. The molecule has 0 fully saturated rings. The maximum absolute atomic E-state index is 12.8. The van der Waals surface area contributed by atoms with E-state index >= 15 is 0 Å². The first-order chi connectivity index (χ1) is 8.49. The maximum atomic E-state index is 12.8. The van der Waals surface area contributed by atoms with Crippen LogP contribution < -0.4 is 0 Å². The number of aromatic nitrogens is 1. The lowest BCUT2D eigenvalue weighted by Crippen LogP contribution is -2.10. The van der Waals surface area contributed by atoms with Crippen molar-refractivity contribution in [2.24, 2.45) is 0 Å². The van der Waals surface area contributed by atoms with Crippen LogP contribution in [0.1, 0.15) is 30.3 Å². The normalized spacial score (nSPS) is 10.8. The minimum absolute atomic E-state index is 0.0589. The molecule has 7 heteroatoms. The third kappa shape index (κ3) is 3.98. The molecule has 0 bridgehead atoms. The van der Waals surface area contributed by atoms with Crippen molar-refractivity contribution in [1.82, 2.24) is 4.98 Å². The molecule has 0 unspecified atom stereocenters. The molecule has 0 spiro atoms. The predicted molar refractivity (Wildman–Crippen MR) is 69.9 cm³/mol. The van der Waals surface area contributed by atoms with Crippen molar-refractivity contribution in [2.45, 2.75) is 25.1 Å². The van der Waals surface area contributed by atoms with Crippen LogP contribution in [0.15, 0.2) is 10.5 Å². The highest BCUT2D eigenvalue weighted by Crippen LogP contribution is 2.30. The summed E-state index contributed by atoms with van der Waals surface area (Å²) in [7, 11) is 0. The highest BCUT2D eigenvalue weighted by atomic mass is 79.9. The van der Waals surface area contributed by atoms with Gasteiger partial charge in [-0.15, -0.1) is 0 Å². The Labute approximate surface area is 120 Å². The standard InChI is InChI=1S/C11H11Br2F2NO2/c1-2-18-8(17)4-6-3-7(5-12)16-10(9(6)13)11(14)15/h3,11H,2,4-5H2,1H3. The summed E-state index contributed by atoms with van der Waals surface area (Å²) < 4.78 is 30.5. The van der Waals surface area contributed by atoms with E-state index in [9.17, 15) is 13.6 Å². The van der Waals surface area contributed by atoms with E-state index in [1.165, 1.54) is 0 Å². The molecule has 1 heterocycles. The van der Waals surface area contributed by atoms with E-state index in [0.717, 1.165) is 0 Å². The van der Waals surface area contributed by atoms with Crippen molar-refractivity contribution in [3.8, 4) is 0 Å². The number of hydrogen-bond acceptors (Lipinski definition) is 3. The molecule has 0 amide bonds.